The van der Waals surface area contributed by atoms with Gasteiger partial charge in [0.1, 0.15) is 28.9 Å². The lowest BCUT2D eigenvalue weighted by atomic mass is 9.58. The Kier molecular flexibility index (Phi) is 8.53. The molecular formula is C32H45N5O8. The van der Waals surface area contributed by atoms with Crippen molar-refractivity contribution in [2.24, 2.45) is 23.5 Å². The van der Waals surface area contributed by atoms with Gasteiger partial charge in [0.2, 0.25) is 11.7 Å². The van der Waals surface area contributed by atoms with Gasteiger partial charge >= 0.3 is 0 Å². The van der Waals surface area contributed by atoms with Gasteiger partial charge in [0.25, 0.3) is 5.91 Å². The molecule has 0 aromatic heterocycles. The lowest BCUT2D eigenvalue weighted by molar-refractivity contribution is -0.148. The standard InChI is InChI=1S/C32H45N5O8/c1-13(2)22(30(44)35-31(3,4)5)34-17-12-18(36(6)7)15-10-14-11-16-23(37(8)9)26(40)21(29(33)43)28(42)32(16,45)27(41)19(14)25(39)20(15)24(17)38/h12-14,16,22-23,34,38,40-41,45H,10-11H2,1-9H3,(H2,33,43)(H,35,44)/t14-,16-,22?,23-,32-/m0/s1. The van der Waals surface area contributed by atoms with Crippen LogP contribution >= 0.6 is 0 Å². The summed E-state index contributed by atoms with van der Waals surface area (Å²) in [5.74, 6) is -7.72. The van der Waals surface area contributed by atoms with Crippen LogP contribution < -0.4 is 21.3 Å². The van der Waals surface area contributed by atoms with Gasteiger partial charge in [-0.25, -0.2) is 0 Å². The van der Waals surface area contributed by atoms with E-state index in [1.54, 1.807) is 39.2 Å². The maximum atomic E-state index is 14.3. The molecule has 246 valence electrons. The van der Waals surface area contributed by atoms with E-state index in [1.165, 1.54) is 4.90 Å². The molecule has 2 amide bonds. The molecule has 0 aliphatic heterocycles. The van der Waals surface area contributed by atoms with Gasteiger partial charge in [-0.15, -0.1) is 0 Å². The molecule has 1 aromatic rings. The van der Waals surface area contributed by atoms with Gasteiger partial charge < -0.3 is 41.7 Å². The maximum absolute atomic E-state index is 14.3. The number of anilines is 2. The summed E-state index contributed by atoms with van der Waals surface area (Å²) in [4.78, 5) is 56.5. The Morgan fingerprint density at radius 3 is 2.18 bits per heavy atom. The third kappa shape index (κ3) is 5.41. The lowest BCUT2D eigenvalue weighted by Gasteiger charge is -2.50. The molecule has 1 aromatic carbocycles. The van der Waals surface area contributed by atoms with Crippen LogP contribution in [0.2, 0.25) is 0 Å². The molecule has 0 bridgehead atoms. The van der Waals surface area contributed by atoms with E-state index >= 15 is 0 Å². The normalized spacial score (nSPS) is 25.6. The molecule has 0 fully saturated rings. The SMILES string of the molecule is CC(C)C(Nc1cc(N(C)C)c2c(c1O)C(=O)C1=C(O)[C@]3(O)C(=O)C(C(N)=O)=C(O)[C@@H](N(C)C)[C@@H]3C[C@@H]1C2)C(=O)NC(C)(C)C. The number of hydrogen-bond acceptors (Lipinski definition) is 11. The number of hydrogen-bond donors (Lipinski definition) is 7. The van der Waals surface area contributed by atoms with Crippen molar-refractivity contribution in [3.05, 3.63) is 39.9 Å². The molecule has 8 N–H and O–H groups in total. The first kappa shape index (κ1) is 33.8. The monoisotopic (exact) mass is 627 g/mol. The number of fused-ring (bicyclic) bond motifs is 3. The highest BCUT2D eigenvalue weighted by Crippen LogP contribution is 2.54. The number of Topliss-reactive ketones (excluding diaryl/α,β-unsaturated/α-hetero) is 2. The van der Waals surface area contributed by atoms with Crippen molar-refractivity contribution in [2.75, 3.05) is 38.4 Å². The van der Waals surface area contributed by atoms with Crippen LogP contribution in [0.4, 0.5) is 11.4 Å². The summed E-state index contributed by atoms with van der Waals surface area (Å²) in [5, 5.41) is 52.0. The zero-order chi connectivity index (χ0) is 34.1. The summed E-state index contributed by atoms with van der Waals surface area (Å²) in [6, 6.07) is -0.195. The highest BCUT2D eigenvalue weighted by molar-refractivity contribution is 6.25. The number of nitrogens with one attached hydrogen (secondary N) is 2. The molecule has 0 heterocycles. The Labute approximate surface area is 262 Å². The number of ketones is 2. The third-order valence-corrected chi connectivity index (χ3v) is 8.94. The summed E-state index contributed by atoms with van der Waals surface area (Å²) >= 11 is 0. The van der Waals surface area contributed by atoms with Crippen molar-refractivity contribution in [3.63, 3.8) is 0 Å². The second-order valence-corrected chi connectivity index (χ2v) is 14.1. The molecule has 13 heteroatoms. The Hall–Kier alpha value is -4.10. The fourth-order valence-corrected chi connectivity index (χ4v) is 6.96. The molecule has 45 heavy (non-hydrogen) atoms. The molecule has 1 unspecified atom stereocenters. The van der Waals surface area contributed by atoms with E-state index in [4.69, 9.17) is 5.73 Å². The molecule has 3 aliphatic carbocycles. The number of aliphatic hydroxyl groups excluding tert-OH is 2. The van der Waals surface area contributed by atoms with Crippen molar-refractivity contribution < 1.29 is 39.6 Å². The van der Waals surface area contributed by atoms with Gasteiger partial charge in [0.05, 0.1) is 17.3 Å². The van der Waals surface area contributed by atoms with E-state index in [1.807, 2.05) is 34.6 Å². The minimum Gasteiger partial charge on any atom is -0.510 e. The summed E-state index contributed by atoms with van der Waals surface area (Å²) in [6.45, 7) is 9.23. The Bertz CT molecular complexity index is 1540. The number of nitrogens with zero attached hydrogens (tertiary/aromatic N) is 2. The molecule has 13 nitrogen and oxygen atoms in total. The van der Waals surface area contributed by atoms with Gasteiger partial charge in [0.15, 0.2) is 11.4 Å². The van der Waals surface area contributed by atoms with E-state index < -0.39 is 75.4 Å². The van der Waals surface area contributed by atoms with Crippen molar-refractivity contribution >= 4 is 34.8 Å². The number of amides is 2. The van der Waals surface area contributed by atoms with Crippen molar-refractivity contribution in [1.29, 1.82) is 0 Å². The van der Waals surface area contributed by atoms with Gasteiger partial charge in [-0.2, -0.15) is 0 Å². The highest BCUT2D eigenvalue weighted by Gasteiger charge is 2.63. The van der Waals surface area contributed by atoms with Gasteiger partial charge in [-0.3, -0.25) is 24.1 Å². The number of aromatic hydroxyl groups is 1. The number of likely N-dealkylation sites (N-methyl/N-ethyl adjacent to an activating group) is 1. The van der Waals surface area contributed by atoms with E-state index in [9.17, 15) is 39.6 Å². The first-order valence-corrected chi connectivity index (χ1v) is 14.9. The second-order valence-electron chi connectivity index (χ2n) is 14.1. The van der Waals surface area contributed by atoms with Gasteiger partial charge in [0, 0.05) is 36.8 Å². The molecule has 3 aliphatic rings. The van der Waals surface area contributed by atoms with Crippen molar-refractivity contribution in [1.82, 2.24) is 10.2 Å². The molecule has 0 spiro atoms. The summed E-state index contributed by atoms with van der Waals surface area (Å²) in [6.07, 6.45) is 0.135. The predicted octanol–water partition coefficient (Wildman–Crippen LogP) is 1.54. The Morgan fingerprint density at radius 1 is 1.09 bits per heavy atom. The zero-order valence-electron chi connectivity index (χ0n) is 27.3. The summed E-state index contributed by atoms with van der Waals surface area (Å²) in [7, 11) is 6.70. The number of phenols is 1. The lowest BCUT2D eigenvalue weighted by Crippen LogP contribution is -2.63. The molecule has 4 rings (SSSR count). The van der Waals surface area contributed by atoms with Crippen LogP contribution in [0.25, 0.3) is 0 Å². The molecule has 0 radical (unpaired) electrons. The molecule has 0 saturated carbocycles. The van der Waals surface area contributed by atoms with Crippen molar-refractivity contribution in [3.8, 4) is 5.75 Å². The van der Waals surface area contributed by atoms with Crippen LogP contribution in [0, 0.1) is 17.8 Å². The van der Waals surface area contributed by atoms with Crippen molar-refractivity contribution in [2.45, 2.75) is 70.7 Å². The Balaban J connectivity index is 1.91. The van der Waals surface area contributed by atoms with Crippen LogP contribution in [0.3, 0.4) is 0 Å². The van der Waals surface area contributed by atoms with Crippen LogP contribution in [-0.2, 0) is 20.8 Å². The number of primary amides is 1. The Morgan fingerprint density at radius 2 is 1.69 bits per heavy atom. The maximum Gasteiger partial charge on any atom is 0.255 e. The minimum absolute atomic E-state index is 0.0121. The van der Waals surface area contributed by atoms with Crippen LogP contribution in [0.15, 0.2) is 28.7 Å². The van der Waals surface area contributed by atoms with E-state index in [0.717, 1.165) is 0 Å². The quantitative estimate of drug-likeness (QED) is 0.170. The number of rotatable bonds is 7. The number of carbonyl (C=O) groups excluding carboxylic acids is 4. The zero-order valence-corrected chi connectivity index (χ0v) is 27.3. The smallest absolute Gasteiger partial charge is 0.255 e. The number of phenolic OH excluding ortho intramolecular Hbond substituents is 1. The number of nitrogens with two attached hydrogens (primary N) is 1. The minimum atomic E-state index is -2.73. The third-order valence-electron chi connectivity index (χ3n) is 8.94. The number of carbonyl (C=O) groups is 4. The second kappa shape index (κ2) is 11.4. The average molecular weight is 628 g/mol. The highest BCUT2D eigenvalue weighted by atomic mass is 16.3. The first-order chi connectivity index (χ1) is 20.6. The average Bonchev–Trinajstić information content (AvgIpc) is 2.88. The van der Waals surface area contributed by atoms with Gasteiger partial charge in [-0.1, -0.05) is 13.8 Å². The van der Waals surface area contributed by atoms with Crippen LogP contribution in [0.5, 0.6) is 5.75 Å². The summed E-state index contributed by atoms with van der Waals surface area (Å²) in [5.41, 5.74) is 2.10. The predicted molar refractivity (Wildman–Crippen MR) is 168 cm³/mol. The van der Waals surface area contributed by atoms with Crippen LogP contribution in [0.1, 0.15) is 57.0 Å². The van der Waals surface area contributed by atoms with E-state index in [-0.39, 0.29) is 41.5 Å². The fourth-order valence-electron chi connectivity index (χ4n) is 6.96. The van der Waals surface area contributed by atoms with E-state index in [2.05, 4.69) is 10.6 Å². The molecule has 5 atom stereocenters. The largest absolute Gasteiger partial charge is 0.510 e. The van der Waals surface area contributed by atoms with Crippen LogP contribution in [-0.4, -0.2) is 100 Å². The number of aliphatic hydroxyl groups is 3. The topological polar surface area (TPSA) is 206 Å². The molecule has 0 saturated heterocycles. The first-order valence-electron chi connectivity index (χ1n) is 14.9. The number of allylic oxidation sites excluding steroid dienone is 1. The van der Waals surface area contributed by atoms with E-state index in [0.29, 0.717) is 11.3 Å². The number of benzene rings is 1. The molecular weight excluding hydrogens is 582 g/mol. The summed E-state index contributed by atoms with van der Waals surface area (Å²) < 4.78 is 0. The fraction of sp³-hybridized carbons (Fsp3) is 0.562. The van der Waals surface area contributed by atoms with Gasteiger partial charge in [-0.05, 0) is 71.2 Å².